The summed E-state index contributed by atoms with van der Waals surface area (Å²) in [6, 6.07) is 9.20. The van der Waals surface area contributed by atoms with Crippen LogP contribution in [0.2, 0.25) is 5.02 Å². The standard InChI is InChI=1S/C16H14ClN3O2/c1-9(21)13-14(10-2-4-11(17)5-3-10)12(8-18)15(19)20-6-7-22-16(13)20/h2-5,14H,6-7,19H2,1H3. The van der Waals surface area contributed by atoms with Gasteiger partial charge in [0.05, 0.1) is 29.7 Å². The van der Waals surface area contributed by atoms with Crippen molar-refractivity contribution in [1.82, 2.24) is 4.90 Å². The summed E-state index contributed by atoms with van der Waals surface area (Å²) in [6.07, 6.45) is 0. The Balaban J connectivity index is 2.23. The number of nitrogens with two attached hydrogens (primary N) is 1. The van der Waals surface area contributed by atoms with E-state index in [1.807, 2.05) is 0 Å². The van der Waals surface area contributed by atoms with Crippen LogP contribution in [0.3, 0.4) is 0 Å². The van der Waals surface area contributed by atoms with Gasteiger partial charge in [-0.05, 0) is 24.6 Å². The van der Waals surface area contributed by atoms with Crippen molar-refractivity contribution in [3.05, 3.63) is 57.7 Å². The van der Waals surface area contributed by atoms with Gasteiger partial charge in [0.25, 0.3) is 0 Å². The number of hydrogen-bond donors (Lipinski definition) is 1. The number of rotatable bonds is 2. The van der Waals surface area contributed by atoms with Gasteiger partial charge in [0.1, 0.15) is 12.4 Å². The van der Waals surface area contributed by atoms with Crippen LogP contribution in [0.5, 0.6) is 0 Å². The lowest BCUT2D eigenvalue weighted by atomic mass is 9.81. The fraction of sp³-hybridized carbons (Fsp3) is 0.250. The van der Waals surface area contributed by atoms with E-state index in [1.165, 1.54) is 6.92 Å². The molecule has 0 aliphatic carbocycles. The first-order valence-electron chi connectivity index (χ1n) is 6.85. The number of halogens is 1. The fourth-order valence-electron chi connectivity index (χ4n) is 2.89. The van der Waals surface area contributed by atoms with Crippen LogP contribution < -0.4 is 5.73 Å². The summed E-state index contributed by atoms with van der Waals surface area (Å²) in [5.74, 6) is 0.148. The first-order chi connectivity index (χ1) is 10.5. The van der Waals surface area contributed by atoms with E-state index in [0.717, 1.165) is 5.56 Å². The molecule has 0 bridgehead atoms. The van der Waals surface area contributed by atoms with E-state index >= 15 is 0 Å². The van der Waals surface area contributed by atoms with Crippen molar-refractivity contribution in [3.63, 3.8) is 0 Å². The molecule has 5 nitrogen and oxygen atoms in total. The minimum atomic E-state index is -0.524. The Kier molecular flexibility index (Phi) is 3.55. The topological polar surface area (TPSA) is 79.3 Å². The summed E-state index contributed by atoms with van der Waals surface area (Å²) in [5.41, 5.74) is 7.74. The van der Waals surface area contributed by atoms with Crippen molar-refractivity contribution < 1.29 is 9.53 Å². The van der Waals surface area contributed by atoms with Gasteiger partial charge >= 0.3 is 0 Å². The first-order valence-corrected chi connectivity index (χ1v) is 7.23. The van der Waals surface area contributed by atoms with E-state index < -0.39 is 5.92 Å². The minimum Gasteiger partial charge on any atom is -0.477 e. The van der Waals surface area contributed by atoms with Crippen molar-refractivity contribution in [2.45, 2.75) is 12.8 Å². The van der Waals surface area contributed by atoms with E-state index in [9.17, 15) is 10.1 Å². The van der Waals surface area contributed by atoms with Crippen LogP contribution in [0.1, 0.15) is 18.4 Å². The molecule has 0 radical (unpaired) electrons. The lowest BCUT2D eigenvalue weighted by molar-refractivity contribution is -0.114. The molecule has 0 saturated carbocycles. The van der Waals surface area contributed by atoms with Crippen molar-refractivity contribution in [2.24, 2.45) is 5.73 Å². The molecular weight excluding hydrogens is 302 g/mol. The molecule has 0 amide bonds. The average molecular weight is 316 g/mol. The molecule has 2 N–H and O–H groups in total. The highest BCUT2D eigenvalue weighted by molar-refractivity contribution is 6.30. The third-order valence-electron chi connectivity index (χ3n) is 3.88. The molecule has 1 unspecified atom stereocenters. The van der Waals surface area contributed by atoms with Gasteiger partial charge < -0.3 is 10.5 Å². The number of benzene rings is 1. The summed E-state index contributed by atoms with van der Waals surface area (Å²) in [7, 11) is 0. The van der Waals surface area contributed by atoms with Crippen LogP contribution in [0.15, 0.2) is 47.1 Å². The van der Waals surface area contributed by atoms with E-state index in [1.54, 1.807) is 29.2 Å². The molecule has 2 aliphatic rings. The molecule has 2 heterocycles. The Morgan fingerprint density at radius 1 is 1.45 bits per heavy atom. The second-order valence-electron chi connectivity index (χ2n) is 5.17. The number of ketones is 1. The van der Waals surface area contributed by atoms with Gasteiger partial charge in [-0.25, -0.2) is 0 Å². The number of allylic oxidation sites excluding steroid dienone is 2. The third kappa shape index (κ3) is 2.13. The number of carbonyl (C=O) groups excluding carboxylic acids is 1. The molecule has 2 aliphatic heterocycles. The van der Waals surface area contributed by atoms with Gasteiger partial charge in [-0.3, -0.25) is 9.69 Å². The first kappa shape index (κ1) is 14.5. The Morgan fingerprint density at radius 2 is 2.14 bits per heavy atom. The molecular formula is C16H14ClN3O2. The van der Waals surface area contributed by atoms with Crippen LogP contribution in [-0.4, -0.2) is 23.8 Å². The number of nitriles is 1. The van der Waals surface area contributed by atoms with Crippen molar-refractivity contribution in [2.75, 3.05) is 13.2 Å². The molecule has 1 aromatic carbocycles. The number of Topliss-reactive ketones (excluding diaryl/α,β-unsaturated/α-hetero) is 1. The highest BCUT2D eigenvalue weighted by Crippen LogP contribution is 2.42. The summed E-state index contributed by atoms with van der Waals surface area (Å²) >= 11 is 5.92. The molecule has 1 fully saturated rings. The molecule has 6 heteroatoms. The number of fused-ring (bicyclic) bond motifs is 1. The number of ether oxygens (including phenoxy) is 1. The molecule has 0 aromatic heterocycles. The van der Waals surface area contributed by atoms with Crippen LogP contribution >= 0.6 is 11.6 Å². The molecule has 112 valence electrons. The zero-order valence-electron chi connectivity index (χ0n) is 12.0. The average Bonchev–Trinajstić information content (AvgIpc) is 2.97. The molecule has 0 spiro atoms. The molecule has 1 saturated heterocycles. The van der Waals surface area contributed by atoms with Crippen LogP contribution in [0, 0.1) is 11.3 Å². The summed E-state index contributed by atoms with van der Waals surface area (Å²) in [6.45, 7) is 2.46. The van der Waals surface area contributed by atoms with Crippen molar-refractivity contribution >= 4 is 17.4 Å². The Hall–Kier alpha value is -2.45. The maximum absolute atomic E-state index is 12.2. The largest absolute Gasteiger partial charge is 0.477 e. The Morgan fingerprint density at radius 3 is 2.73 bits per heavy atom. The lowest BCUT2D eigenvalue weighted by Gasteiger charge is -2.31. The third-order valence-corrected chi connectivity index (χ3v) is 4.13. The van der Waals surface area contributed by atoms with Crippen molar-refractivity contribution in [3.8, 4) is 6.07 Å². The second kappa shape index (κ2) is 5.39. The normalized spacial score (nSPS) is 20.6. The van der Waals surface area contributed by atoms with E-state index in [0.29, 0.717) is 41.0 Å². The molecule has 3 rings (SSSR count). The lowest BCUT2D eigenvalue weighted by Crippen LogP contribution is -2.34. The maximum Gasteiger partial charge on any atom is 0.203 e. The van der Waals surface area contributed by atoms with Crippen LogP contribution in [0.4, 0.5) is 0 Å². The molecule has 1 atom stereocenters. The Bertz CT molecular complexity index is 744. The molecule has 22 heavy (non-hydrogen) atoms. The van der Waals surface area contributed by atoms with E-state index in [2.05, 4.69) is 6.07 Å². The van der Waals surface area contributed by atoms with Gasteiger partial charge in [0.2, 0.25) is 5.88 Å². The van der Waals surface area contributed by atoms with Gasteiger partial charge in [0.15, 0.2) is 5.78 Å². The maximum atomic E-state index is 12.2. The number of carbonyl (C=O) groups is 1. The second-order valence-corrected chi connectivity index (χ2v) is 5.61. The van der Waals surface area contributed by atoms with Crippen LogP contribution in [-0.2, 0) is 9.53 Å². The predicted molar refractivity (Wildman–Crippen MR) is 81.4 cm³/mol. The number of hydrogen-bond acceptors (Lipinski definition) is 5. The zero-order valence-corrected chi connectivity index (χ0v) is 12.7. The summed E-state index contributed by atoms with van der Waals surface area (Å²) in [4.78, 5) is 13.9. The monoisotopic (exact) mass is 315 g/mol. The summed E-state index contributed by atoms with van der Waals surface area (Å²) in [5, 5.41) is 10.1. The van der Waals surface area contributed by atoms with E-state index in [-0.39, 0.29) is 5.78 Å². The Labute approximate surface area is 133 Å². The minimum absolute atomic E-state index is 0.137. The van der Waals surface area contributed by atoms with Crippen molar-refractivity contribution in [1.29, 1.82) is 5.26 Å². The SMILES string of the molecule is CC(=O)C1=C2OCCN2C(N)=C(C#N)C1c1ccc(Cl)cc1. The van der Waals surface area contributed by atoms with Crippen LogP contribution in [0.25, 0.3) is 0 Å². The highest BCUT2D eigenvalue weighted by Gasteiger charge is 2.40. The summed E-state index contributed by atoms with van der Waals surface area (Å²) < 4.78 is 5.60. The smallest absolute Gasteiger partial charge is 0.203 e. The van der Waals surface area contributed by atoms with Gasteiger partial charge in [-0.15, -0.1) is 0 Å². The van der Waals surface area contributed by atoms with Gasteiger partial charge in [0, 0.05) is 5.02 Å². The molecule has 1 aromatic rings. The number of nitrogens with zero attached hydrogens (tertiary/aromatic N) is 2. The van der Waals surface area contributed by atoms with Gasteiger partial charge in [-0.1, -0.05) is 23.7 Å². The zero-order chi connectivity index (χ0) is 15.9. The fourth-order valence-corrected chi connectivity index (χ4v) is 3.02. The predicted octanol–water partition coefficient (Wildman–Crippen LogP) is 2.26. The van der Waals surface area contributed by atoms with Gasteiger partial charge in [-0.2, -0.15) is 5.26 Å². The van der Waals surface area contributed by atoms with E-state index in [4.69, 9.17) is 22.1 Å². The highest BCUT2D eigenvalue weighted by atomic mass is 35.5. The quantitative estimate of drug-likeness (QED) is 0.905.